The Kier molecular flexibility index (Phi) is 5.85. The van der Waals surface area contributed by atoms with Crippen LogP contribution in [0.3, 0.4) is 0 Å². The van der Waals surface area contributed by atoms with Crippen LogP contribution in [0.5, 0.6) is 5.75 Å². The van der Waals surface area contributed by atoms with E-state index in [0.29, 0.717) is 11.8 Å². The summed E-state index contributed by atoms with van der Waals surface area (Å²) in [6.07, 6.45) is 2.81. The second-order valence-electron chi connectivity index (χ2n) is 5.17. The van der Waals surface area contributed by atoms with Crippen molar-refractivity contribution < 1.29 is 9.15 Å². The molecule has 0 aliphatic heterocycles. The zero-order valence-corrected chi connectivity index (χ0v) is 14.6. The molecule has 1 heterocycles. The molecule has 0 aliphatic carbocycles. The molecule has 0 bridgehead atoms. The average molecular weight is 321 g/mol. The highest BCUT2D eigenvalue weighted by molar-refractivity contribution is 7.98. The van der Waals surface area contributed by atoms with Gasteiger partial charge in [-0.15, -0.1) is 22.0 Å². The smallest absolute Gasteiger partial charge is 0.233 e. The Balaban J connectivity index is 2.09. The van der Waals surface area contributed by atoms with E-state index in [1.54, 1.807) is 18.9 Å². The van der Waals surface area contributed by atoms with Gasteiger partial charge in [-0.3, -0.25) is 4.90 Å². The van der Waals surface area contributed by atoms with Crippen LogP contribution >= 0.6 is 11.8 Å². The van der Waals surface area contributed by atoms with Crippen molar-refractivity contribution in [2.24, 2.45) is 0 Å². The van der Waals surface area contributed by atoms with Gasteiger partial charge in [0.05, 0.1) is 13.2 Å². The third kappa shape index (κ3) is 3.81. The van der Waals surface area contributed by atoms with Crippen LogP contribution in [0.4, 0.5) is 0 Å². The fourth-order valence-corrected chi connectivity index (χ4v) is 2.72. The van der Waals surface area contributed by atoms with Gasteiger partial charge in [-0.2, -0.15) is 0 Å². The number of nitrogens with zero attached hydrogens (tertiary/aromatic N) is 3. The highest BCUT2D eigenvalue weighted by atomic mass is 32.2. The number of ether oxygens (including phenoxy) is 1. The maximum Gasteiger partial charge on any atom is 0.233 e. The number of thioether (sulfide) groups is 1. The van der Waals surface area contributed by atoms with Crippen LogP contribution in [0.25, 0.3) is 0 Å². The number of hydrogen-bond acceptors (Lipinski definition) is 6. The van der Waals surface area contributed by atoms with Gasteiger partial charge in [-0.25, -0.2) is 0 Å². The van der Waals surface area contributed by atoms with Crippen molar-refractivity contribution in [3.05, 3.63) is 35.5 Å². The van der Waals surface area contributed by atoms with Gasteiger partial charge in [0.25, 0.3) is 0 Å². The molecule has 1 aromatic carbocycles. The third-order valence-corrected chi connectivity index (χ3v) is 4.46. The Morgan fingerprint density at radius 3 is 2.73 bits per heavy atom. The molecule has 1 aromatic heterocycles. The number of methoxy groups -OCH3 is 1. The summed E-state index contributed by atoms with van der Waals surface area (Å²) in [5.41, 5.74) is 1.19. The quantitative estimate of drug-likeness (QED) is 0.727. The molecule has 0 fully saturated rings. The van der Waals surface area contributed by atoms with E-state index in [1.165, 1.54) is 5.56 Å². The number of rotatable bonds is 7. The lowest BCUT2D eigenvalue weighted by Gasteiger charge is -2.22. The lowest BCUT2D eigenvalue weighted by Crippen LogP contribution is -2.22. The summed E-state index contributed by atoms with van der Waals surface area (Å²) in [4.78, 5) is 3.33. The summed E-state index contributed by atoms with van der Waals surface area (Å²) in [5.74, 6) is 2.26. The van der Waals surface area contributed by atoms with Gasteiger partial charge in [0.15, 0.2) is 0 Å². The summed E-state index contributed by atoms with van der Waals surface area (Å²) in [6.45, 7) is 4.86. The van der Waals surface area contributed by atoms with Gasteiger partial charge in [0, 0.05) is 17.9 Å². The van der Waals surface area contributed by atoms with Crippen LogP contribution in [-0.2, 0) is 13.0 Å². The van der Waals surface area contributed by atoms with E-state index in [-0.39, 0.29) is 6.04 Å². The Hall–Kier alpha value is -1.53. The Bertz CT molecular complexity index is 615. The molecule has 0 unspecified atom stereocenters. The molecule has 2 aromatic rings. The normalized spacial score (nSPS) is 12.6. The molecule has 0 saturated carbocycles. The van der Waals surface area contributed by atoms with E-state index >= 15 is 0 Å². The van der Waals surface area contributed by atoms with Gasteiger partial charge < -0.3 is 9.15 Å². The molecule has 120 valence electrons. The lowest BCUT2D eigenvalue weighted by molar-refractivity contribution is 0.214. The zero-order chi connectivity index (χ0) is 16.1. The van der Waals surface area contributed by atoms with Crippen molar-refractivity contribution in [2.75, 3.05) is 20.4 Å². The number of benzene rings is 1. The predicted octanol–water partition coefficient (Wildman–Crippen LogP) is 3.56. The summed E-state index contributed by atoms with van der Waals surface area (Å²) in [5, 5.41) is 8.15. The van der Waals surface area contributed by atoms with Gasteiger partial charge in [0.2, 0.25) is 11.8 Å². The standard InChI is InChI=1S/C16H23N3O2S/c1-6-15-17-18-16(21-15)11(2)19(3)10-12-7-8-14(22-5)13(9-12)20-4/h7-9,11H,6,10H2,1-5H3/t11-/m0/s1. The summed E-state index contributed by atoms with van der Waals surface area (Å²) in [7, 11) is 3.76. The zero-order valence-electron chi connectivity index (χ0n) is 13.8. The number of hydrogen-bond donors (Lipinski definition) is 0. The van der Waals surface area contributed by atoms with E-state index in [9.17, 15) is 0 Å². The summed E-state index contributed by atoms with van der Waals surface area (Å²) < 4.78 is 11.1. The SMILES string of the molecule is CCc1nnc([C@H](C)N(C)Cc2ccc(SC)c(OC)c2)o1. The van der Waals surface area contributed by atoms with Crippen molar-refractivity contribution in [2.45, 2.75) is 37.8 Å². The molecule has 0 radical (unpaired) electrons. The molecular weight excluding hydrogens is 298 g/mol. The molecule has 0 amide bonds. The molecule has 6 heteroatoms. The van der Waals surface area contributed by atoms with E-state index in [1.807, 2.05) is 13.2 Å². The molecule has 2 rings (SSSR count). The molecule has 5 nitrogen and oxygen atoms in total. The van der Waals surface area contributed by atoms with Crippen LogP contribution in [0.2, 0.25) is 0 Å². The molecule has 0 saturated heterocycles. The minimum atomic E-state index is 0.0685. The number of aryl methyl sites for hydroxylation is 1. The van der Waals surface area contributed by atoms with Crippen LogP contribution in [0.1, 0.15) is 37.2 Å². The molecule has 0 aliphatic rings. The maximum atomic E-state index is 5.64. The molecule has 22 heavy (non-hydrogen) atoms. The second-order valence-corrected chi connectivity index (χ2v) is 6.02. The monoisotopic (exact) mass is 321 g/mol. The highest BCUT2D eigenvalue weighted by Gasteiger charge is 2.18. The fraction of sp³-hybridized carbons (Fsp3) is 0.500. The first-order chi connectivity index (χ1) is 10.6. The fourth-order valence-electron chi connectivity index (χ4n) is 2.17. The lowest BCUT2D eigenvalue weighted by atomic mass is 10.2. The molecule has 0 spiro atoms. The van der Waals surface area contributed by atoms with E-state index in [2.05, 4.69) is 47.3 Å². The summed E-state index contributed by atoms with van der Waals surface area (Å²) in [6, 6.07) is 6.38. The topological polar surface area (TPSA) is 51.4 Å². The predicted molar refractivity (Wildman–Crippen MR) is 88.3 cm³/mol. The Labute approximate surface area is 136 Å². The van der Waals surface area contributed by atoms with Crippen LogP contribution in [-0.4, -0.2) is 35.5 Å². The first-order valence-corrected chi connectivity index (χ1v) is 8.54. The molecule has 0 N–H and O–H groups in total. The van der Waals surface area contributed by atoms with Crippen LogP contribution in [0.15, 0.2) is 27.5 Å². The largest absolute Gasteiger partial charge is 0.496 e. The van der Waals surface area contributed by atoms with Crippen LogP contribution < -0.4 is 4.74 Å². The summed E-state index contributed by atoms with van der Waals surface area (Å²) >= 11 is 1.68. The van der Waals surface area contributed by atoms with Crippen molar-refractivity contribution in [3.8, 4) is 5.75 Å². The Morgan fingerprint density at radius 1 is 1.36 bits per heavy atom. The van der Waals surface area contributed by atoms with Gasteiger partial charge >= 0.3 is 0 Å². The Morgan fingerprint density at radius 2 is 2.14 bits per heavy atom. The van der Waals surface area contributed by atoms with Crippen molar-refractivity contribution >= 4 is 11.8 Å². The first kappa shape index (κ1) is 16.8. The molecule has 1 atom stereocenters. The average Bonchev–Trinajstić information content (AvgIpc) is 3.02. The minimum absolute atomic E-state index is 0.0685. The third-order valence-electron chi connectivity index (χ3n) is 3.68. The molecular formula is C16H23N3O2S. The van der Waals surface area contributed by atoms with E-state index in [4.69, 9.17) is 9.15 Å². The van der Waals surface area contributed by atoms with Gasteiger partial charge in [-0.05, 0) is 37.9 Å². The number of aromatic nitrogens is 2. The van der Waals surface area contributed by atoms with Gasteiger partial charge in [0.1, 0.15) is 5.75 Å². The maximum absolute atomic E-state index is 5.64. The first-order valence-electron chi connectivity index (χ1n) is 7.32. The second kappa shape index (κ2) is 7.65. The minimum Gasteiger partial charge on any atom is -0.496 e. The van der Waals surface area contributed by atoms with E-state index < -0.39 is 0 Å². The van der Waals surface area contributed by atoms with Crippen LogP contribution in [0, 0.1) is 0 Å². The highest BCUT2D eigenvalue weighted by Crippen LogP contribution is 2.29. The van der Waals surface area contributed by atoms with Crippen molar-refractivity contribution in [3.63, 3.8) is 0 Å². The van der Waals surface area contributed by atoms with Crippen molar-refractivity contribution in [1.29, 1.82) is 0 Å². The van der Waals surface area contributed by atoms with Crippen molar-refractivity contribution in [1.82, 2.24) is 15.1 Å². The van der Waals surface area contributed by atoms with Gasteiger partial charge in [-0.1, -0.05) is 13.0 Å². The van der Waals surface area contributed by atoms with E-state index in [0.717, 1.165) is 23.6 Å².